The maximum Gasteiger partial charge on any atom is 0.231 e. The van der Waals surface area contributed by atoms with Gasteiger partial charge in [-0.3, -0.25) is 4.79 Å². The molecule has 1 heterocycles. The zero-order valence-corrected chi connectivity index (χ0v) is 11.2. The molecule has 0 aliphatic carbocycles. The van der Waals surface area contributed by atoms with Crippen LogP contribution < -0.4 is 10.6 Å². The van der Waals surface area contributed by atoms with Crippen LogP contribution in [0.15, 0.2) is 36.4 Å². The number of hydrogen-bond donors (Lipinski definition) is 1. The molecule has 0 bridgehead atoms. The molecule has 4 heteroatoms. The highest BCUT2D eigenvalue weighted by Crippen LogP contribution is 2.32. The molecule has 1 aliphatic rings. The Hall–Kier alpha value is -2.36. The molecular formula is C16H15FN2O. The van der Waals surface area contributed by atoms with Gasteiger partial charge in [-0.25, -0.2) is 4.39 Å². The third-order valence-corrected chi connectivity index (χ3v) is 3.67. The average molecular weight is 270 g/mol. The number of hydrogen-bond acceptors (Lipinski definition) is 2. The van der Waals surface area contributed by atoms with Crippen LogP contribution in [-0.2, 0) is 17.8 Å². The Bertz CT molecular complexity index is 697. The molecule has 2 N–H and O–H groups in total. The van der Waals surface area contributed by atoms with Crippen molar-refractivity contribution in [2.75, 3.05) is 10.6 Å². The van der Waals surface area contributed by atoms with Crippen LogP contribution in [0.5, 0.6) is 0 Å². The minimum atomic E-state index is -0.257. The fraction of sp³-hybridized carbons (Fsp3) is 0.188. The summed E-state index contributed by atoms with van der Waals surface area (Å²) >= 11 is 0. The first-order valence-electron chi connectivity index (χ1n) is 6.48. The summed E-state index contributed by atoms with van der Waals surface area (Å²) in [7, 11) is 0. The first-order valence-corrected chi connectivity index (χ1v) is 6.48. The van der Waals surface area contributed by atoms with E-state index in [1.54, 1.807) is 17.0 Å². The summed E-state index contributed by atoms with van der Waals surface area (Å²) < 4.78 is 13.1. The van der Waals surface area contributed by atoms with E-state index >= 15 is 0 Å². The Morgan fingerprint density at radius 2 is 2.05 bits per heavy atom. The average Bonchev–Trinajstić information content (AvgIpc) is 2.68. The Morgan fingerprint density at radius 1 is 1.25 bits per heavy atom. The molecule has 0 fully saturated rings. The van der Waals surface area contributed by atoms with Gasteiger partial charge in [0.25, 0.3) is 0 Å². The van der Waals surface area contributed by atoms with Crippen LogP contribution in [0, 0.1) is 12.7 Å². The van der Waals surface area contributed by atoms with Crippen LogP contribution in [0.25, 0.3) is 0 Å². The van der Waals surface area contributed by atoms with Gasteiger partial charge in [-0.15, -0.1) is 0 Å². The van der Waals surface area contributed by atoms with E-state index in [0.29, 0.717) is 18.7 Å². The predicted octanol–water partition coefficient (Wildman–Crippen LogP) is 2.81. The highest BCUT2D eigenvalue weighted by Gasteiger charge is 2.27. The summed E-state index contributed by atoms with van der Waals surface area (Å²) in [6.07, 6.45) is 0.376. The Labute approximate surface area is 116 Å². The van der Waals surface area contributed by atoms with Crippen LogP contribution in [0.4, 0.5) is 15.8 Å². The zero-order chi connectivity index (χ0) is 14.3. The van der Waals surface area contributed by atoms with Gasteiger partial charge < -0.3 is 10.6 Å². The van der Waals surface area contributed by atoms with Crippen LogP contribution in [0.2, 0.25) is 0 Å². The van der Waals surface area contributed by atoms with Crippen molar-refractivity contribution in [3.63, 3.8) is 0 Å². The molecular weight excluding hydrogens is 255 g/mol. The minimum Gasteiger partial charge on any atom is -0.399 e. The Kier molecular flexibility index (Phi) is 2.93. The number of nitrogen functional groups attached to an aromatic ring is 1. The molecule has 1 amide bonds. The largest absolute Gasteiger partial charge is 0.399 e. The lowest BCUT2D eigenvalue weighted by molar-refractivity contribution is -0.117. The summed E-state index contributed by atoms with van der Waals surface area (Å²) in [5.74, 6) is -0.207. The molecule has 2 aromatic carbocycles. The van der Waals surface area contributed by atoms with Gasteiger partial charge in [0.2, 0.25) is 5.91 Å². The maximum absolute atomic E-state index is 13.1. The van der Waals surface area contributed by atoms with Crippen molar-refractivity contribution in [1.29, 1.82) is 0 Å². The van der Waals surface area contributed by atoms with E-state index in [1.807, 2.05) is 19.1 Å². The van der Waals surface area contributed by atoms with Crippen molar-refractivity contribution in [3.8, 4) is 0 Å². The molecule has 3 nitrogen and oxygen atoms in total. The second-order valence-corrected chi connectivity index (χ2v) is 5.12. The number of fused-ring (bicyclic) bond motifs is 1. The van der Waals surface area contributed by atoms with Gasteiger partial charge in [-0.2, -0.15) is 0 Å². The Balaban J connectivity index is 1.94. The van der Waals surface area contributed by atoms with E-state index in [-0.39, 0.29) is 11.7 Å². The van der Waals surface area contributed by atoms with Crippen molar-refractivity contribution in [3.05, 3.63) is 58.9 Å². The molecule has 102 valence electrons. The first kappa shape index (κ1) is 12.7. The number of nitrogens with zero attached hydrogens (tertiary/aromatic N) is 1. The summed E-state index contributed by atoms with van der Waals surface area (Å²) in [6.45, 7) is 2.31. The number of carbonyl (C=O) groups is 1. The van der Waals surface area contributed by atoms with Crippen molar-refractivity contribution in [2.45, 2.75) is 19.9 Å². The van der Waals surface area contributed by atoms with E-state index in [2.05, 4.69) is 0 Å². The van der Waals surface area contributed by atoms with Crippen LogP contribution in [-0.4, -0.2) is 5.91 Å². The second kappa shape index (κ2) is 4.63. The maximum atomic E-state index is 13.1. The highest BCUT2D eigenvalue weighted by molar-refractivity contribution is 6.01. The van der Waals surface area contributed by atoms with Crippen molar-refractivity contribution in [2.24, 2.45) is 0 Å². The molecule has 0 radical (unpaired) electrons. The predicted molar refractivity (Wildman–Crippen MR) is 76.9 cm³/mol. The molecule has 20 heavy (non-hydrogen) atoms. The van der Waals surface area contributed by atoms with Gasteiger partial charge >= 0.3 is 0 Å². The number of halogens is 1. The van der Waals surface area contributed by atoms with Crippen molar-refractivity contribution < 1.29 is 9.18 Å². The second-order valence-electron chi connectivity index (χ2n) is 5.12. The molecule has 0 saturated heterocycles. The molecule has 3 rings (SSSR count). The minimum absolute atomic E-state index is 0.0503. The van der Waals surface area contributed by atoms with E-state index in [1.165, 1.54) is 12.1 Å². The van der Waals surface area contributed by atoms with E-state index < -0.39 is 0 Å². The fourth-order valence-corrected chi connectivity index (χ4v) is 2.58. The monoisotopic (exact) mass is 270 g/mol. The number of amides is 1. The number of nitrogens with two attached hydrogens (primary N) is 1. The van der Waals surface area contributed by atoms with E-state index in [0.717, 1.165) is 22.4 Å². The van der Waals surface area contributed by atoms with Gasteiger partial charge in [-0.05, 0) is 53.9 Å². The topological polar surface area (TPSA) is 46.3 Å². The van der Waals surface area contributed by atoms with Crippen LogP contribution in [0.3, 0.4) is 0 Å². The molecule has 0 aromatic heterocycles. The molecule has 0 saturated carbocycles. The lowest BCUT2D eigenvalue weighted by Gasteiger charge is -2.19. The molecule has 2 aromatic rings. The number of aryl methyl sites for hydroxylation is 1. The summed E-state index contributed by atoms with van der Waals surface area (Å²) in [4.78, 5) is 13.9. The van der Waals surface area contributed by atoms with Gasteiger partial charge in [0.15, 0.2) is 0 Å². The SMILES string of the molecule is Cc1cc(F)ccc1CN1C(=O)Cc2cc(N)ccc21. The third kappa shape index (κ3) is 2.13. The van der Waals surface area contributed by atoms with Crippen LogP contribution >= 0.6 is 0 Å². The summed E-state index contributed by atoms with van der Waals surface area (Å²) in [5.41, 5.74) is 10.1. The lowest BCUT2D eigenvalue weighted by atomic mass is 10.1. The van der Waals surface area contributed by atoms with Gasteiger partial charge in [0.1, 0.15) is 5.82 Å². The molecule has 1 aliphatic heterocycles. The summed E-state index contributed by atoms with van der Waals surface area (Å²) in [6, 6.07) is 10.1. The van der Waals surface area contributed by atoms with Crippen LogP contribution in [0.1, 0.15) is 16.7 Å². The number of anilines is 2. The number of benzene rings is 2. The standard InChI is InChI=1S/C16H15FN2O/c1-10-6-13(17)3-2-11(10)9-19-15-5-4-14(18)7-12(15)8-16(19)20/h2-7H,8-9,18H2,1H3. The number of rotatable bonds is 2. The van der Waals surface area contributed by atoms with Gasteiger partial charge in [-0.1, -0.05) is 6.07 Å². The lowest BCUT2D eigenvalue weighted by Crippen LogP contribution is -2.26. The van der Waals surface area contributed by atoms with Gasteiger partial charge in [0, 0.05) is 11.4 Å². The van der Waals surface area contributed by atoms with Gasteiger partial charge in [0.05, 0.1) is 13.0 Å². The normalized spacial score (nSPS) is 13.7. The molecule has 0 spiro atoms. The smallest absolute Gasteiger partial charge is 0.231 e. The third-order valence-electron chi connectivity index (χ3n) is 3.67. The van der Waals surface area contributed by atoms with Crippen molar-refractivity contribution >= 4 is 17.3 Å². The molecule has 0 atom stereocenters. The van der Waals surface area contributed by atoms with E-state index in [9.17, 15) is 9.18 Å². The first-order chi connectivity index (χ1) is 9.54. The zero-order valence-electron chi connectivity index (χ0n) is 11.2. The fourth-order valence-electron chi connectivity index (χ4n) is 2.58. The summed E-state index contributed by atoms with van der Waals surface area (Å²) in [5, 5.41) is 0. The molecule has 0 unspecified atom stereocenters. The van der Waals surface area contributed by atoms with E-state index in [4.69, 9.17) is 5.73 Å². The van der Waals surface area contributed by atoms with Crippen molar-refractivity contribution in [1.82, 2.24) is 0 Å². The highest BCUT2D eigenvalue weighted by atomic mass is 19.1. The number of carbonyl (C=O) groups excluding carboxylic acids is 1. The quantitative estimate of drug-likeness (QED) is 0.853. The Morgan fingerprint density at radius 3 is 2.80 bits per heavy atom.